The molecule has 10 heterocycles. The van der Waals surface area contributed by atoms with Crippen LogP contribution >= 0.6 is 0 Å². The molecule has 6 aliphatic heterocycles. The van der Waals surface area contributed by atoms with Crippen molar-refractivity contribution in [2.45, 2.75) is 121 Å². The molecule has 6 atom stereocenters. The Hall–Kier alpha value is -9.70. The highest BCUT2D eigenvalue weighted by atomic mass is 19.1. The molecule has 7 aliphatic rings. The molecule has 25 heteroatoms. The molecule has 0 saturated carbocycles. The number of hydrogen-bond donors (Lipinski definition) is 3. The summed E-state index contributed by atoms with van der Waals surface area (Å²) in [5, 5.41) is 17.5. The second-order valence-corrected chi connectivity index (χ2v) is 24.6. The number of benzene rings is 3. The van der Waals surface area contributed by atoms with Crippen molar-refractivity contribution in [1.29, 1.82) is 0 Å². The van der Waals surface area contributed by atoms with E-state index < -0.39 is 102 Å². The topological polar surface area (TPSA) is 250 Å². The Kier molecular flexibility index (Phi) is 14.3. The first-order chi connectivity index (χ1) is 43.7. The van der Waals surface area contributed by atoms with Crippen LogP contribution in [0.5, 0.6) is 11.8 Å². The smallest absolute Gasteiger partial charge is 0.407 e. The van der Waals surface area contributed by atoms with Crippen LogP contribution in [0, 0.1) is 36.7 Å². The Balaban J connectivity index is 0.668. The van der Waals surface area contributed by atoms with E-state index in [4.69, 9.17) is 35.3 Å². The summed E-state index contributed by atoms with van der Waals surface area (Å²) in [6.45, 7) is 8.18. The molecule has 468 valence electrons. The third-order valence-electron chi connectivity index (χ3n) is 19.4. The quantitative estimate of drug-likeness (QED) is 0.0333. The van der Waals surface area contributed by atoms with Crippen molar-refractivity contribution >= 4 is 68.2 Å². The lowest BCUT2D eigenvalue weighted by atomic mass is 9.81. The van der Waals surface area contributed by atoms with Crippen LogP contribution in [0.3, 0.4) is 0 Å². The van der Waals surface area contributed by atoms with Gasteiger partial charge in [-0.15, -0.1) is 6.42 Å². The highest BCUT2D eigenvalue weighted by molar-refractivity contribution is 6.03. The number of esters is 2. The van der Waals surface area contributed by atoms with Gasteiger partial charge in [0.05, 0.1) is 63.6 Å². The third-order valence-corrected chi connectivity index (χ3v) is 19.4. The lowest BCUT2D eigenvalue weighted by molar-refractivity contribution is -0.188. The van der Waals surface area contributed by atoms with Crippen LogP contribution in [0.1, 0.15) is 104 Å². The van der Waals surface area contributed by atoms with Gasteiger partial charge in [-0.3, -0.25) is 29.1 Å². The minimum absolute atomic E-state index is 0.0156. The van der Waals surface area contributed by atoms with Gasteiger partial charge in [0, 0.05) is 78.3 Å². The van der Waals surface area contributed by atoms with Crippen LogP contribution in [0.15, 0.2) is 59.5 Å². The molecule has 1 aliphatic carbocycles. The van der Waals surface area contributed by atoms with Crippen molar-refractivity contribution < 1.29 is 65.6 Å². The van der Waals surface area contributed by atoms with E-state index in [1.807, 2.05) is 4.90 Å². The van der Waals surface area contributed by atoms with Crippen molar-refractivity contribution in [3.63, 3.8) is 0 Å². The Morgan fingerprint density at radius 3 is 2.52 bits per heavy atom. The van der Waals surface area contributed by atoms with Gasteiger partial charge in [-0.05, 0) is 105 Å². The molecule has 14 rings (SSSR count). The summed E-state index contributed by atoms with van der Waals surface area (Å²) < 4.78 is 87.5. The summed E-state index contributed by atoms with van der Waals surface area (Å²) in [7, 11) is 0. The summed E-state index contributed by atoms with van der Waals surface area (Å²) in [6, 6.07) is 6.53. The fourth-order valence-corrected chi connectivity index (χ4v) is 15.2. The van der Waals surface area contributed by atoms with Gasteiger partial charge in [-0.25, -0.2) is 32.1 Å². The Morgan fingerprint density at radius 2 is 1.76 bits per heavy atom. The maximum atomic E-state index is 17.4. The summed E-state index contributed by atoms with van der Waals surface area (Å²) >= 11 is 0. The van der Waals surface area contributed by atoms with Gasteiger partial charge in [-0.1, -0.05) is 25.5 Å². The molecular formula is C66H60F4N10O11. The first-order valence-electron chi connectivity index (χ1n) is 30.2. The molecule has 2 bridgehead atoms. The minimum Gasteiger partial charge on any atom is -0.508 e. The van der Waals surface area contributed by atoms with Crippen molar-refractivity contribution in [2.24, 2.45) is 0 Å². The maximum absolute atomic E-state index is 17.4. The van der Waals surface area contributed by atoms with E-state index in [9.17, 15) is 38.3 Å². The van der Waals surface area contributed by atoms with Gasteiger partial charge in [0.15, 0.2) is 5.82 Å². The number of nitrogens with one attached hydrogen (secondary N) is 2. The number of phenols is 1. The molecule has 3 aromatic carbocycles. The second-order valence-electron chi connectivity index (χ2n) is 24.6. The summed E-state index contributed by atoms with van der Waals surface area (Å²) in [4.78, 5) is 106. The highest BCUT2D eigenvalue weighted by Gasteiger charge is 2.52. The van der Waals surface area contributed by atoms with Crippen LogP contribution in [0.2, 0.25) is 0 Å². The summed E-state index contributed by atoms with van der Waals surface area (Å²) in [5.74, 6) is -2.63. The number of alkyl halides is 1. The number of alkyl carbamates (subject to hydrolysis) is 1. The monoisotopic (exact) mass is 1240 g/mol. The van der Waals surface area contributed by atoms with Gasteiger partial charge < -0.3 is 49.1 Å². The number of pyridine rings is 3. The summed E-state index contributed by atoms with van der Waals surface area (Å²) in [5.41, 5.74) is -0.370. The Labute approximate surface area is 516 Å². The van der Waals surface area contributed by atoms with Crippen molar-refractivity contribution in [3.05, 3.63) is 121 Å². The van der Waals surface area contributed by atoms with Crippen LogP contribution in [-0.2, 0) is 58.6 Å². The van der Waals surface area contributed by atoms with E-state index in [1.165, 1.54) is 42.0 Å². The van der Waals surface area contributed by atoms with Gasteiger partial charge in [0.1, 0.15) is 66.9 Å². The lowest BCUT2D eigenvalue weighted by Gasteiger charge is -2.42. The molecule has 3 N–H and O–H groups in total. The molecule has 0 radical (unpaired) electrons. The van der Waals surface area contributed by atoms with E-state index in [2.05, 4.69) is 38.0 Å². The second kappa shape index (κ2) is 22.1. The van der Waals surface area contributed by atoms with Crippen LogP contribution in [-0.4, -0.2) is 139 Å². The van der Waals surface area contributed by atoms with Crippen molar-refractivity contribution in [1.82, 2.24) is 44.9 Å². The van der Waals surface area contributed by atoms with E-state index in [-0.39, 0.29) is 125 Å². The zero-order valence-electron chi connectivity index (χ0n) is 49.8. The molecule has 7 aromatic rings. The largest absolute Gasteiger partial charge is 0.508 e. The first kappa shape index (κ1) is 59.0. The van der Waals surface area contributed by atoms with Crippen LogP contribution < -0.4 is 25.8 Å². The molecule has 91 heavy (non-hydrogen) atoms. The average molecular weight is 1250 g/mol. The first-order valence-corrected chi connectivity index (χ1v) is 30.2. The van der Waals surface area contributed by atoms with Gasteiger partial charge in [0.25, 0.3) is 11.5 Å². The van der Waals surface area contributed by atoms with E-state index >= 15 is 13.2 Å². The molecule has 4 fully saturated rings. The van der Waals surface area contributed by atoms with Gasteiger partial charge >= 0.3 is 24.0 Å². The fraction of sp³-hybridized carbons (Fsp3) is 0.394. The number of cyclic esters (lactones) is 1. The highest BCUT2D eigenvalue weighted by Crippen LogP contribution is 2.48. The molecule has 4 aromatic heterocycles. The minimum atomic E-state index is -2.15. The normalized spacial score (nSPS) is 22.7. The van der Waals surface area contributed by atoms with E-state index in [0.29, 0.717) is 71.8 Å². The number of piperazine rings is 1. The SMILES string of the molecule is C#Cc1c(F)ccc2cc(O)cc(-c3ncc4c(N5CC6CCC(C5)N6C(=O)C(=C)COC(=O)NCC(=O)OC5(CC)C(=O)OCc6c5cc5n(c6=O)Cc6c-5nc5cc(F)c(C)c7c5c6C(NC(C)=O)CC7)nc(OCC56CCCN5CC(F)C6)nc4c3F)c12. The predicted molar refractivity (Wildman–Crippen MR) is 321 cm³/mol. The summed E-state index contributed by atoms with van der Waals surface area (Å²) in [6.07, 6.45) is 8.60. The van der Waals surface area contributed by atoms with Gasteiger partial charge in [0.2, 0.25) is 11.5 Å². The Morgan fingerprint density at radius 1 is 0.967 bits per heavy atom. The van der Waals surface area contributed by atoms with Gasteiger partial charge in [-0.2, -0.15) is 9.97 Å². The number of carbonyl (C=O) groups is 5. The number of amides is 3. The molecule has 0 spiro atoms. The molecular weight excluding hydrogens is 1180 g/mol. The average Bonchev–Trinajstić information content (AvgIpc) is 1.63. The number of nitrogens with zero attached hydrogens (tertiary/aromatic N) is 8. The van der Waals surface area contributed by atoms with Crippen LogP contribution in [0.25, 0.3) is 55.2 Å². The lowest BCUT2D eigenvalue weighted by Crippen LogP contribution is -2.56. The number of terminal acetylenes is 1. The number of aromatic hydroxyl groups is 1. The van der Waals surface area contributed by atoms with Crippen LogP contribution in [0.4, 0.5) is 28.2 Å². The number of fused-ring (bicyclic) bond motifs is 10. The number of anilines is 1. The van der Waals surface area contributed by atoms with Crippen molar-refractivity contribution in [2.75, 3.05) is 50.8 Å². The number of hydrogen-bond acceptors (Lipinski definition) is 17. The number of carbonyl (C=O) groups excluding carboxylic acids is 5. The number of aryl methyl sites for hydroxylation is 1. The number of rotatable bonds is 13. The number of aromatic nitrogens is 5. The number of phenolic OH excluding ortho intramolecular Hbond substituents is 1. The molecule has 4 saturated heterocycles. The molecule has 6 unspecified atom stereocenters. The van der Waals surface area contributed by atoms with E-state index in [0.717, 1.165) is 23.6 Å². The zero-order chi connectivity index (χ0) is 63.7. The number of halogens is 4. The predicted octanol–water partition coefficient (Wildman–Crippen LogP) is 7.44. The fourth-order valence-electron chi connectivity index (χ4n) is 15.2. The molecule has 3 amide bonds. The Bertz CT molecular complexity index is 4500. The number of ether oxygens (including phenoxy) is 4. The zero-order valence-corrected chi connectivity index (χ0v) is 49.8. The van der Waals surface area contributed by atoms with E-state index in [1.54, 1.807) is 24.8 Å². The standard InChI is InChI=1S/C66H60F4N10O11/c1-6-39-46(68)13-9-34-17-38(82)18-41(52(34)39)57-55(70)58-42(22-71-57)59(76-63(75-58)90-30-65-15-8-16-78(65)24-35(67)21-65)77-25-36-10-11-37(26-77)80(36)60(84)31(3)28-89-64(87)72-23-51(83)91-66(7-2)45-19-50-56-43(27-79(50)61(85)44(45)29-88-62(66)86)54-48(73-33(5)81)14-12-40-32(4)47(69)20-49(74-56)53(40)54/h1,9,13,17-20,22,35-37,48,82H,3,7-8,10-12,14-16,21,23-30H2,2,4-5H3,(H,72,87)(H,73,81). The molecule has 21 nitrogen and oxygen atoms in total. The maximum Gasteiger partial charge on any atom is 0.407 e. The van der Waals surface area contributed by atoms with Crippen molar-refractivity contribution in [3.8, 4) is 46.7 Å². The third kappa shape index (κ3) is 9.53.